The van der Waals surface area contributed by atoms with Crippen LogP contribution < -0.4 is 4.74 Å². The molecule has 2 rings (SSSR count). The number of hydrogen-bond acceptors (Lipinski definition) is 4. The lowest BCUT2D eigenvalue weighted by molar-refractivity contribution is -0.136. The summed E-state index contributed by atoms with van der Waals surface area (Å²) >= 11 is 11.8. The average molecular weight is 366 g/mol. The second kappa shape index (κ2) is 6.26. The van der Waals surface area contributed by atoms with Gasteiger partial charge in [-0.05, 0) is 31.5 Å². The van der Waals surface area contributed by atoms with Crippen molar-refractivity contribution in [2.45, 2.75) is 18.9 Å². The molecule has 1 amide bonds. The molecular weight excluding hydrogens is 349 g/mol. The van der Waals surface area contributed by atoms with Crippen molar-refractivity contribution in [3.63, 3.8) is 0 Å². The molecule has 122 valence electrons. The van der Waals surface area contributed by atoms with Crippen LogP contribution in [0.3, 0.4) is 0 Å². The lowest BCUT2D eigenvalue weighted by atomic mass is 10.00. The van der Waals surface area contributed by atoms with Crippen molar-refractivity contribution in [1.29, 1.82) is 0 Å². The van der Waals surface area contributed by atoms with E-state index in [0.717, 1.165) is 0 Å². The summed E-state index contributed by atoms with van der Waals surface area (Å²) in [6.45, 7) is 1.55. The molecular formula is C14H17Cl2NO4S. The number of carbonyl (C=O) groups excluding carboxylic acids is 1. The molecule has 1 aromatic rings. The molecule has 1 saturated heterocycles. The van der Waals surface area contributed by atoms with Gasteiger partial charge >= 0.3 is 0 Å². The molecule has 5 nitrogen and oxygen atoms in total. The number of nitrogens with zero attached hydrogens (tertiary/aromatic N) is 1. The molecule has 22 heavy (non-hydrogen) atoms. The third-order valence-corrected chi connectivity index (χ3v) is 6.33. The molecule has 0 unspecified atom stereocenters. The number of likely N-dealkylation sites (N-methyl/N-ethyl adjacent to an activating group) is 1. The van der Waals surface area contributed by atoms with E-state index in [0.29, 0.717) is 22.2 Å². The molecule has 1 atom stereocenters. The summed E-state index contributed by atoms with van der Waals surface area (Å²) in [5.74, 6) is 0.136. The Morgan fingerprint density at radius 2 is 2.09 bits per heavy atom. The van der Waals surface area contributed by atoms with E-state index < -0.39 is 15.4 Å². The quantitative estimate of drug-likeness (QED) is 0.821. The maximum Gasteiger partial charge on any atom is 0.260 e. The highest BCUT2D eigenvalue weighted by Gasteiger charge is 2.43. The van der Waals surface area contributed by atoms with E-state index in [4.69, 9.17) is 27.9 Å². The largest absolute Gasteiger partial charge is 0.482 e. The lowest BCUT2D eigenvalue weighted by Gasteiger charge is -2.34. The van der Waals surface area contributed by atoms with Crippen LogP contribution in [-0.2, 0) is 14.6 Å². The Morgan fingerprint density at radius 3 is 2.64 bits per heavy atom. The first-order valence-corrected chi connectivity index (χ1v) is 9.26. The zero-order valence-electron chi connectivity index (χ0n) is 12.3. The van der Waals surface area contributed by atoms with Crippen molar-refractivity contribution in [1.82, 2.24) is 4.90 Å². The molecule has 1 fully saturated rings. The molecule has 1 aromatic carbocycles. The van der Waals surface area contributed by atoms with Crippen molar-refractivity contribution in [2.24, 2.45) is 0 Å². The van der Waals surface area contributed by atoms with Crippen LogP contribution in [0.2, 0.25) is 10.0 Å². The van der Waals surface area contributed by atoms with Gasteiger partial charge < -0.3 is 9.64 Å². The second-order valence-electron chi connectivity index (χ2n) is 5.66. The summed E-state index contributed by atoms with van der Waals surface area (Å²) < 4.78 is 28.7. The van der Waals surface area contributed by atoms with Gasteiger partial charge in [0, 0.05) is 12.1 Å². The number of rotatable bonds is 4. The molecule has 0 bridgehead atoms. The maximum absolute atomic E-state index is 12.2. The summed E-state index contributed by atoms with van der Waals surface area (Å²) in [7, 11) is -1.49. The van der Waals surface area contributed by atoms with Crippen LogP contribution in [0.25, 0.3) is 0 Å². The number of benzene rings is 1. The molecule has 0 N–H and O–H groups in total. The zero-order valence-corrected chi connectivity index (χ0v) is 14.6. The van der Waals surface area contributed by atoms with Gasteiger partial charge in [-0.25, -0.2) is 8.42 Å². The Bertz CT molecular complexity index is 692. The Kier molecular flexibility index (Phi) is 4.94. The van der Waals surface area contributed by atoms with Crippen LogP contribution in [0.4, 0.5) is 0 Å². The minimum absolute atomic E-state index is 0.0239. The molecule has 0 spiro atoms. The fourth-order valence-corrected chi connectivity index (χ4v) is 5.03. The van der Waals surface area contributed by atoms with Gasteiger partial charge in [0.15, 0.2) is 16.4 Å². The topological polar surface area (TPSA) is 63.7 Å². The van der Waals surface area contributed by atoms with Gasteiger partial charge in [-0.2, -0.15) is 0 Å². The summed E-state index contributed by atoms with van der Waals surface area (Å²) in [5, 5.41) is 0.794. The van der Waals surface area contributed by atoms with Gasteiger partial charge in [0.2, 0.25) is 0 Å². The normalized spacial score (nSPS) is 23.3. The van der Waals surface area contributed by atoms with Crippen LogP contribution in [0.15, 0.2) is 18.2 Å². The standard InChI is InChI=1S/C14H17Cl2NO4S/c1-14(5-6-22(19,20)9-14)17(2)13(18)8-21-12-4-3-10(15)7-11(12)16/h3-4,7H,5-6,8-9H2,1-2H3/t14-/m1/s1. The Labute approximate surface area is 140 Å². The fraction of sp³-hybridized carbons (Fsp3) is 0.500. The van der Waals surface area contributed by atoms with Crippen LogP contribution in [-0.4, -0.2) is 49.9 Å². The molecule has 0 aliphatic carbocycles. The van der Waals surface area contributed by atoms with Crippen LogP contribution >= 0.6 is 23.2 Å². The first-order chi connectivity index (χ1) is 10.1. The van der Waals surface area contributed by atoms with Crippen LogP contribution in [0, 0.1) is 0 Å². The number of carbonyl (C=O) groups is 1. The zero-order chi connectivity index (χ0) is 16.5. The van der Waals surface area contributed by atoms with Gasteiger partial charge in [-0.15, -0.1) is 0 Å². The molecule has 0 aromatic heterocycles. The van der Waals surface area contributed by atoms with Crippen molar-refractivity contribution < 1.29 is 17.9 Å². The fourth-order valence-electron chi connectivity index (χ4n) is 2.39. The SMILES string of the molecule is CN(C(=O)COc1ccc(Cl)cc1Cl)[C@]1(C)CCS(=O)(=O)C1. The van der Waals surface area contributed by atoms with E-state index in [1.165, 1.54) is 11.0 Å². The third kappa shape index (κ3) is 3.86. The van der Waals surface area contributed by atoms with E-state index in [2.05, 4.69) is 0 Å². The first-order valence-electron chi connectivity index (χ1n) is 6.68. The Morgan fingerprint density at radius 1 is 1.41 bits per heavy atom. The van der Waals surface area contributed by atoms with E-state index in [9.17, 15) is 13.2 Å². The smallest absolute Gasteiger partial charge is 0.260 e. The third-order valence-electron chi connectivity index (χ3n) is 3.91. The Hall–Kier alpha value is -0.980. The highest BCUT2D eigenvalue weighted by Crippen LogP contribution is 2.30. The van der Waals surface area contributed by atoms with Gasteiger partial charge in [0.25, 0.3) is 5.91 Å². The number of halogens is 2. The maximum atomic E-state index is 12.2. The summed E-state index contributed by atoms with van der Waals surface area (Å²) in [6, 6.07) is 4.72. The lowest BCUT2D eigenvalue weighted by Crippen LogP contribution is -2.49. The molecule has 0 saturated carbocycles. The van der Waals surface area contributed by atoms with E-state index >= 15 is 0 Å². The van der Waals surface area contributed by atoms with Crippen LogP contribution in [0.5, 0.6) is 5.75 Å². The molecule has 1 aliphatic heterocycles. The highest BCUT2D eigenvalue weighted by atomic mass is 35.5. The van der Waals surface area contributed by atoms with Crippen molar-refractivity contribution >= 4 is 38.9 Å². The molecule has 8 heteroatoms. The van der Waals surface area contributed by atoms with Crippen molar-refractivity contribution in [3.8, 4) is 5.75 Å². The average Bonchev–Trinajstić information content (AvgIpc) is 2.71. The van der Waals surface area contributed by atoms with Crippen molar-refractivity contribution in [3.05, 3.63) is 28.2 Å². The predicted molar refractivity (Wildman–Crippen MR) is 86.4 cm³/mol. The summed E-state index contributed by atoms with van der Waals surface area (Å²) in [4.78, 5) is 13.7. The monoisotopic (exact) mass is 365 g/mol. The number of sulfone groups is 1. The number of amides is 1. The molecule has 0 radical (unpaired) electrons. The van der Waals surface area contributed by atoms with E-state index in [-0.39, 0.29) is 24.0 Å². The van der Waals surface area contributed by atoms with Gasteiger partial charge in [-0.3, -0.25) is 4.79 Å². The highest BCUT2D eigenvalue weighted by molar-refractivity contribution is 7.91. The van der Waals surface area contributed by atoms with E-state index in [1.54, 1.807) is 26.1 Å². The minimum Gasteiger partial charge on any atom is -0.482 e. The minimum atomic E-state index is -3.08. The summed E-state index contributed by atoms with van der Waals surface area (Å²) in [5.41, 5.74) is -0.691. The number of hydrogen-bond donors (Lipinski definition) is 0. The first kappa shape index (κ1) is 17.4. The van der Waals surface area contributed by atoms with Crippen molar-refractivity contribution in [2.75, 3.05) is 25.2 Å². The predicted octanol–water partition coefficient (Wildman–Crippen LogP) is 2.41. The Balaban J connectivity index is 2.00. The number of ether oxygens (including phenoxy) is 1. The van der Waals surface area contributed by atoms with Gasteiger partial charge in [0.1, 0.15) is 5.75 Å². The molecule has 1 heterocycles. The van der Waals surface area contributed by atoms with Gasteiger partial charge in [0.05, 0.1) is 22.1 Å². The second-order valence-corrected chi connectivity index (χ2v) is 8.68. The van der Waals surface area contributed by atoms with Crippen LogP contribution in [0.1, 0.15) is 13.3 Å². The summed E-state index contributed by atoms with van der Waals surface area (Å²) in [6.07, 6.45) is 0.430. The molecule has 1 aliphatic rings. The van der Waals surface area contributed by atoms with E-state index in [1.807, 2.05) is 0 Å². The van der Waals surface area contributed by atoms with Gasteiger partial charge in [-0.1, -0.05) is 23.2 Å².